The maximum atomic E-state index is 12.4. The van der Waals surface area contributed by atoms with E-state index in [0.29, 0.717) is 18.7 Å². The zero-order valence-electron chi connectivity index (χ0n) is 18.4. The lowest BCUT2D eigenvalue weighted by atomic mass is 10.1. The molecule has 9 heteroatoms. The van der Waals surface area contributed by atoms with Gasteiger partial charge in [0.05, 0.1) is 5.56 Å². The molecule has 0 unspecified atom stereocenters. The largest absolute Gasteiger partial charge is 0.455 e. The van der Waals surface area contributed by atoms with Crippen molar-refractivity contribution >= 4 is 29.3 Å². The minimum Gasteiger partial charge on any atom is -0.455 e. The molecule has 2 rings (SSSR count). The van der Waals surface area contributed by atoms with Gasteiger partial charge in [-0.2, -0.15) is 0 Å². The number of esters is 1. The summed E-state index contributed by atoms with van der Waals surface area (Å²) in [4.78, 5) is 30.2. The summed E-state index contributed by atoms with van der Waals surface area (Å²) in [5, 5.41) is 11.6. The lowest BCUT2D eigenvalue weighted by Crippen LogP contribution is -2.42. The van der Waals surface area contributed by atoms with E-state index in [-0.39, 0.29) is 23.1 Å². The first kappa shape index (κ1) is 23.2. The first-order valence-electron chi connectivity index (χ1n) is 9.76. The topological polar surface area (TPSA) is 131 Å². The summed E-state index contributed by atoms with van der Waals surface area (Å²) in [6.45, 7) is 11.0. The van der Waals surface area contributed by atoms with E-state index in [0.717, 1.165) is 0 Å². The number of pyridine rings is 1. The number of hydrogen-bond acceptors (Lipinski definition) is 8. The summed E-state index contributed by atoms with van der Waals surface area (Å²) in [6, 6.07) is 1.47. The van der Waals surface area contributed by atoms with E-state index in [4.69, 9.17) is 20.6 Å². The number of nitrogen functional groups attached to an aromatic ring is 1. The van der Waals surface area contributed by atoms with Crippen LogP contribution in [0.1, 0.15) is 53.5 Å². The number of nitrogens with zero attached hydrogens (tertiary/aromatic N) is 2. The summed E-state index contributed by atoms with van der Waals surface area (Å²) in [7, 11) is 0. The molecule has 0 saturated heterocycles. The lowest BCUT2D eigenvalue weighted by molar-refractivity contribution is -0.146. The van der Waals surface area contributed by atoms with Crippen molar-refractivity contribution in [1.29, 1.82) is 5.41 Å². The highest BCUT2D eigenvalue weighted by Gasteiger charge is 2.28. The van der Waals surface area contributed by atoms with Gasteiger partial charge >= 0.3 is 12.1 Å². The quantitative estimate of drug-likeness (QED) is 0.506. The Hall–Kier alpha value is -3.10. The Labute approximate surface area is 177 Å². The molecule has 1 amide bonds. The number of amides is 1. The van der Waals surface area contributed by atoms with Crippen LogP contribution in [0.3, 0.4) is 0 Å². The fraction of sp³-hybridized carbons (Fsp3) is 0.524. The van der Waals surface area contributed by atoms with Crippen molar-refractivity contribution in [2.75, 3.05) is 17.6 Å². The van der Waals surface area contributed by atoms with E-state index in [9.17, 15) is 9.59 Å². The van der Waals surface area contributed by atoms with Crippen LogP contribution < -0.4 is 11.1 Å². The van der Waals surface area contributed by atoms with Crippen molar-refractivity contribution in [3.63, 3.8) is 0 Å². The third-order valence-corrected chi connectivity index (χ3v) is 3.94. The second-order valence-electron chi connectivity index (χ2n) is 9.09. The SMILES string of the molecule is CC(C)(C)OC(=O)C(=N)c1c(N[C@@H]2CC=CN(C(=O)OC(C)(C)C)C2)ccnc1N. The van der Waals surface area contributed by atoms with Crippen LogP contribution in [0.5, 0.6) is 0 Å². The van der Waals surface area contributed by atoms with Crippen molar-refractivity contribution < 1.29 is 19.1 Å². The maximum Gasteiger partial charge on any atom is 0.414 e. The average molecular weight is 418 g/mol. The van der Waals surface area contributed by atoms with Gasteiger partial charge < -0.3 is 20.5 Å². The summed E-state index contributed by atoms with van der Waals surface area (Å²) in [6.07, 6.45) is 5.24. The van der Waals surface area contributed by atoms with Gasteiger partial charge in [0, 0.05) is 30.7 Å². The van der Waals surface area contributed by atoms with Crippen molar-refractivity contribution in [1.82, 2.24) is 9.88 Å². The highest BCUT2D eigenvalue weighted by atomic mass is 16.6. The summed E-state index contributed by atoms with van der Waals surface area (Å²) >= 11 is 0. The summed E-state index contributed by atoms with van der Waals surface area (Å²) in [5.74, 6) is -0.740. The molecule has 1 atom stereocenters. The smallest absolute Gasteiger partial charge is 0.414 e. The molecule has 0 radical (unpaired) electrons. The normalized spacial score (nSPS) is 16.7. The van der Waals surface area contributed by atoms with Crippen LogP contribution in [0.4, 0.5) is 16.3 Å². The van der Waals surface area contributed by atoms with Crippen LogP contribution in [-0.4, -0.2) is 51.4 Å². The average Bonchev–Trinajstić information content (AvgIpc) is 2.59. The van der Waals surface area contributed by atoms with Crippen LogP contribution in [0.2, 0.25) is 0 Å². The fourth-order valence-electron chi connectivity index (χ4n) is 2.80. The van der Waals surface area contributed by atoms with Crippen LogP contribution in [0.25, 0.3) is 0 Å². The number of rotatable bonds is 4. The van der Waals surface area contributed by atoms with Crippen molar-refractivity contribution in [3.05, 3.63) is 30.1 Å². The predicted octanol–water partition coefficient (Wildman–Crippen LogP) is 3.31. The van der Waals surface area contributed by atoms with Gasteiger partial charge in [-0.05, 0) is 54.0 Å². The molecule has 1 aliphatic rings. The molecule has 1 aliphatic heterocycles. The van der Waals surface area contributed by atoms with Gasteiger partial charge in [-0.25, -0.2) is 14.6 Å². The number of carbonyl (C=O) groups is 2. The fourth-order valence-corrected chi connectivity index (χ4v) is 2.80. The zero-order valence-corrected chi connectivity index (χ0v) is 18.4. The molecule has 0 saturated carbocycles. The van der Waals surface area contributed by atoms with E-state index in [1.165, 1.54) is 11.1 Å². The Morgan fingerprint density at radius 2 is 1.83 bits per heavy atom. The Bertz CT molecular complexity index is 852. The molecule has 0 spiro atoms. The number of hydrogen-bond donors (Lipinski definition) is 3. The van der Waals surface area contributed by atoms with Crippen LogP contribution in [-0.2, 0) is 14.3 Å². The number of anilines is 2. The van der Waals surface area contributed by atoms with Gasteiger partial charge in [0.2, 0.25) is 0 Å². The Kier molecular flexibility index (Phi) is 6.74. The first-order valence-corrected chi connectivity index (χ1v) is 9.76. The molecule has 164 valence electrons. The molecule has 0 aliphatic carbocycles. The molecule has 0 bridgehead atoms. The molecule has 1 aromatic rings. The molecule has 1 aromatic heterocycles. The van der Waals surface area contributed by atoms with Gasteiger partial charge in [0.15, 0.2) is 5.71 Å². The number of ether oxygens (including phenoxy) is 2. The van der Waals surface area contributed by atoms with Crippen LogP contribution in [0.15, 0.2) is 24.5 Å². The van der Waals surface area contributed by atoms with E-state index >= 15 is 0 Å². The second-order valence-corrected chi connectivity index (χ2v) is 9.09. The van der Waals surface area contributed by atoms with Gasteiger partial charge in [-0.1, -0.05) is 6.08 Å². The van der Waals surface area contributed by atoms with E-state index in [1.54, 1.807) is 33.0 Å². The lowest BCUT2D eigenvalue weighted by Gasteiger charge is -2.31. The van der Waals surface area contributed by atoms with Crippen molar-refractivity contribution in [2.24, 2.45) is 0 Å². The Morgan fingerprint density at radius 3 is 2.43 bits per heavy atom. The standard InChI is InChI=1S/C21H31N5O4/c1-20(2,3)29-18(27)16(22)15-14(9-10-24-17(15)23)25-13-8-7-11-26(12-13)19(28)30-21(4,5)6/h7,9-11,13,22H,8,12H2,1-6H3,(H3,23,24,25)/t13-/m1/s1. The molecule has 2 heterocycles. The number of nitrogens with one attached hydrogen (secondary N) is 2. The number of nitrogens with two attached hydrogens (primary N) is 1. The van der Waals surface area contributed by atoms with Gasteiger partial charge in [0.1, 0.15) is 17.0 Å². The first-order chi connectivity index (χ1) is 13.8. The number of aromatic nitrogens is 1. The third-order valence-electron chi connectivity index (χ3n) is 3.94. The van der Waals surface area contributed by atoms with Gasteiger partial charge in [-0.3, -0.25) is 10.3 Å². The van der Waals surface area contributed by atoms with Crippen LogP contribution >= 0.6 is 0 Å². The van der Waals surface area contributed by atoms with Gasteiger partial charge in [-0.15, -0.1) is 0 Å². The molecule has 0 aromatic carbocycles. The molecule has 30 heavy (non-hydrogen) atoms. The minimum absolute atomic E-state index is 0.0474. The summed E-state index contributed by atoms with van der Waals surface area (Å²) in [5.41, 5.74) is 4.90. The molecular formula is C21H31N5O4. The second kappa shape index (κ2) is 8.73. The molecular weight excluding hydrogens is 386 g/mol. The van der Waals surface area contributed by atoms with E-state index in [1.807, 2.05) is 26.8 Å². The monoisotopic (exact) mass is 417 g/mol. The van der Waals surface area contributed by atoms with Crippen molar-refractivity contribution in [2.45, 2.75) is 65.2 Å². The molecule has 4 N–H and O–H groups in total. The maximum absolute atomic E-state index is 12.4. The van der Waals surface area contributed by atoms with Gasteiger partial charge in [0.25, 0.3) is 0 Å². The molecule has 9 nitrogen and oxygen atoms in total. The molecule has 0 fully saturated rings. The Balaban J connectivity index is 2.19. The highest BCUT2D eigenvalue weighted by Crippen LogP contribution is 2.25. The van der Waals surface area contributed by atoms with Crippen LogP contribution in [0, 0.1) is 5.41 Å². The van der Waals surface area contributed by atoms with E-state index < -0.39 is 23.3 Å². The minimum atomic E-state index is -0.788. The zero-order chi connectivity index (χ0) is 22.7. The third kappa shape index (κ3) is 6.47. The predicted molar refractivity (Wildman–Crippen MR) is 115 cm³/mol. The number of carbonyl (C=O) groups excluding carboxylic acids is 2. The van der Waals surface area contributed by atoms with Crippen molar-refractivity contribution in [3.8, 4) is 0 Å². The van der Waals surface area contributed by atoms with E-state index in [2.05, 4.69) is 10.3 Å². The Morgan fingerprint density at radius 1 is 1.20 bits per heavy atom. The highest BCUT2D eigenvalue weighted by molar-refractivity contribution is 6.44. The summed E-state index contributed by atoms with van der Waals surface area (Å²) < 4.78 is 10.7.